The van der Waals surface area contributed by atoms with Gasteiger partial charge in [-0.15, -0.1) is 0 Å². The lowest BCUT2D eigenvalue weighted by molar-refractivity contribution is -0.118. The lowest BCUT2D eigenvalue weighted by atomic mass is 10.3. The quantitative estimate of drug-likeness (QED) is 0.850. The fourth-order valence-corrected chi connectivity index (χ4v) is 2.03. The second kappa shape index (κ2) is 7.93. The Morgan fingerprint density at radius 2 is 1.43 bits per heavy atom. The Morgan fingerprint density at radius 3 is 2.04 bits per heavy atom. The van der Waals surface area contributed by atoms with Crippen molar-refractivity contribution in [2.24, 2.45) is 0 Å². The van der Waals surface area contributed by atoms with Crippen LogP contribution >= 0.6 is 0 Å². The average Bonchev–Trinajstić information content (AvgIpc) is 2.59. The maximum atomic E-state index is 12.1. The molecular weight excluding hydrogens is 298 g/mol. The van der Waals surface area contributed by atoms with Gasteiger partial charge in [-0.1, -0.05) is 18.2 Å². The number of methoxy groups -OCH3 is 3. The van der Waals surface area contributed by atoms with Gasteiger partial charge in [0.2, 0.25) is 5.75 Å². The van der Waals surface area contributed by atoms with Gasteiger partial charge in [-0.3, -0.25) is 4.79 Å². The van der Waals surface area contributed by atoms with E-state index in [0.29, 0.717) is 28.7 Å². The molecule has 0 unspecified atom stereocenters. The van der Waals surface area contributed by atoms with Crippen molar-refractivity contribution >= 4 is 11.6 Å². The summed E-state index contributed by atoms with van der Waals surface area (Å²) in [6.45, 7) is -0.186. The molecule has 2 aromatic carbocycles. The first-order valence-corrected chi connectivity index (χ1v) is 6.96. The van der Waals surface area contributed by atoms with Crippen molar-refractivity contribution in [3.63, 3.8) is 0 Å². The summed E-state index contributed by atoms with van der Waals surface area (Å²) in [5, 5.41) is 2.74. The molecule has 0 saturated carbocycles. The summed E-state index contributed by atoms with van der Waals surface area (Å²) in [5.41, 5.74) is 0.579. The molecule has 23 heavy (non-hydrogen) atoms. The van der Waals surface area contributed by atoms with E-state index in [-0.39, 0.29) is 12.5 Å². The predicted octanol–water partition coefficient (Wildman–Crippen LogP) is 2.73. The summed E-state index contributed by atoms with van der Waals surface area (Å²) in [7, 11) is 4.59. The zero-order chi connectivity index (χ0) is 16.7. The van der Waals surface area contributed by atoms with Crippen LogP contribution in [0.25, 0.3) is 0 Å². The Bertz CT molecular complexity index is 650. The van der Waals surface area contributed by atoms with Crippen molar-refractivity contribution in [2.75, 3.05) is 33.3 Å². The maximum absolute atomic E-state index is 12.1. The van der Waals surface area contributed by atoms with Crippen molar-refractivity contribution in [1.82, 2.24) is 0 Å². The first kappa shape index (κ1) is 16.5. The van der Waals surface area contributed by atoms with Crippen molar-refractivity contribution in [1.29, 1.82) is 0 Å². The molecule has 0 aliphatic carbocycles. The van der Waals surface area contributed by atoms with Gasteiger partial charge in [0.25, 0.3) is 5.91 Å². The van der Waals surface area contributed by atoms with Gasteiger partial charge in [0, 0.05) is 0 Å². The molecule has 0 fully saturated rings. The Kier molecular flexibility index (Phi) is 5.68. The molecule has 6 nitrogen and oxygen atoms in total. The van der Waals surface area contributed by atoms with Gasteiger partial charge in [0.05, 0.1) is 27.0 Å². The molecule has 0 aliphatic heterocycles. The van der Waals surface area contributed by atoms with Crippen LogP contribution in [-0.4, -0.2) is 33.8 Å². The molecule has 2 rings (SSSR count). The topological polar surface area (TPSA) is 66.0 Å². The van der Waals surface area contributed by atoms with Gasteiger partial charge in [-0.05, 0) is 24.3 Å². The summed E-state index contributed by atoms with van der Waals surface area (Å²) in [6, 6.07) is 12.4. The predicted molar refractivity (Wildman–Crippen MR) is 86.7 cm³/mol. The van der Waals surface area contributed by atoms with Crippen LogP contribution in [0, 0.1) is 0 Å². The third kappa shape index (κ3) is 4.06. The van der Waals surface area contributed by atoms with Crippen molar-refractivity contribution in [3.05, 3.63) is 42.5 Å². The average molecular weight is 317 g/mol. The first-order valence-electron chi connectivity index (χ1n) is 6.96. The van der Waals surface area contributed by atoms with E-state index >= 15 is 0 Å². The number of carbonyl (C=O) groups is 1. The van der Waals surface area contributed by atoms with E-state index in [1.165, 1.54) is 14.2 Å². The molecule has 0 saturated heterocycles. The van der Waals surface area contributed by atoms with E-state index in [2.05, 4.69) is 5.32 Å². The second-order valence-electron chi connectivity index (χ2n) is 4.53. The molecule has 0 spiro atoms. The minimum Gasteiger partial charge on any atom is -0.495 e. The van der Waals surface area contributed by atoms with Crippen LogP contribution in [0.1, 0.15) is 0 Å². The highest BCUT2D eigenvalue weighted by molar-refractivity contribution is 5.93. The first-order chi connectivity index (χ1) is 11.2. The van der Waals surface area contributed by atoms with Crippen LogP contribution in [0.3, 0.4) is 0 Å². The van der Waals surface area contributed by atoms with Crippen LogP contribution in [0.15, 0.2) is 42.5 Å². The highest BCUT2D eigenvalue weighted by atomic mass is 16.5. The monoisotopic (exact) mass is 317 g/mol. The number of ether oxygens (including phenoxy) is 4. The van der Waals surface area contributed by atoms with Gasteiger partial charge >= 0.3 is 0 Å². The summed E-state index contributed by atoms with van der Waals surface area (Å²) in [5.74, 6) is 1.63. The molecule has 122 valence electrons. The fraction of sp³-hybridized carbons (Fsp3) is 0.235. The summed E-state index contributed by atoms with van der Waals surface area (Å²) >= 11 is 0. The van der Waals surface area contributed by atoms with E-state index in [4.69, 9.17) is 18.9 Å². The van der Waals surface area contributed by atoms with E-state index < -0.39 is 0 Å². The minimum absolute atomic E-state index is 0.186. The highest BCUT2D eigenvalue weighted by Gasteiger charge is 2.14. The molecule has 1 amide bonds. The summed E-state index contributed by atoms with van der Waals surface area (Å²) in [6.07, 6.45) is 0. The number of anilines is 1. The highest BCUT2D eigenvalue weighted by Crippen LogP contribution is 2.36. The number of amides is 1. The molecule has 0 bridgehead atoms. The number of hydrogen-bond donors (Lipinski definition) is 1. The normalized spacial score (nSPS) is 9.87. The van der Waals surface area contributed by atoms with Crippen LogP contribution in [0.5, 0.6) is 23.0 Å². The zero-order valence-electron chi connectivity index (χ0n) is 13.3. The summed E-state index contributed by atoms with van der Waals surface area (Å²) < 4.78 is 21.2. The van der Waals surface area contributed by atoms with E-state index in [9.17, 15) is 4.79 Å². The Hall–Kier alpha value is -2.89. The van der Waals surface area contributed by atoms with Crippen LogP contribution in [-0.2, 0) is 4.79 Å². The lowest BCUT2D eigenvalue weighted by Gasteiger charge is -2.14. The third-order valence-corrected chi connectivity index (χ3v) is 3.11. The molecule has 0 aromatic heterocycles. The minimum atomic E-state index is -0.317. The summed E-state index contributed by atoms with van der Waals surface area (Å²) in [4.78, 5) is 12.1. The number of carbonyl (C=O) groups excluding carboxylic acids is 1. The number of para-hydroxylation sites is 3. The molecule has 0 aliphatic rings. The van der Waals surface area contributed by atoms with Crippen molar-refractivity contribution in [2.45, 2.75) is 0 Å². The number of hydrogen-bond acceptors (Lipinski definition) is 5. The maximum Gasteiger partial charge on any atom is 0.262 e. The van der Waals surface area contributed by atoms with Crippen molar-refractivity contribution in [3.8, 4) is 23.0 Å². The Balaban J connectivity index is 2.05. The largest absolute Gasteiger partial charge is 0.495 e. The van der Waals surface area contributed by atoms with Crippen LogP contribution < -0.4 is 24.3 Å². The molecule has 2 aromatic rings. The molecular formula is C17H19NO5. The van der Waals surface area contributed by atoms with Crippen LogP contribution in [0.4, 0.5) is 5.69 Å². The zero-order valence-corrected chi connectivity index (χ0v) is 13.3. The number of rotatable bonds is 7. The van der Waals surface area contributed by atoms with Gasteiger partial charge < -0.3 is 24.3 Å². The van der Waals surface area contributed by atoms with Crippen LogP contribution in [0.2, 0.25) is 0 Å². The number of nitrogens with one attached hydrogen (secondary N) is 1. The van der Waals surface area contributed by atoms with E-state index in [1.54, 1.807) is 37.4 Å². The Labute approximate surface area is 134 Å². The van der Waals surface area contributed by atoms with Gasteiger partial charge in [0.15, 0.2) is 18.1 Å². The second-order valence-corrected chi connectivity index (χ2v) is 4.53. The number of benzene rings is 2. The molecule has 6 heteroatoms. The molecule has 0 atom stereocenters. The van der Waals surface area contributed by atoms with Gasteiger partial charge in [-0.25, -0.2) is 0 Å². The molecule has 0 heterocycles. The van der Waals surface area contributed by atoms with Gasteiger partial charge in [0.1, 0.15) is 5.75 Å². The van der Waals surface area contributed by atoms with E-state index in [1.807, 2.05) is 12.1 Å². The smallest absolute Gasteiger partial charge is 0.262 e. The molecule has 1 N–H and O–H groups in total. The van der Waals surface area contributed by atoms with Crippen molar-refractivity contribution < 1.29 is 23.7 Å². The fourth-order valence-electron chi connectivity index (χ4n) is 2.03. The third-order valence-electron chi connectivity index (χ3n) is 3.11. The van der Waals surface area contributed by atoms with E-state index in [0.717, 1.165) is 0 Å². The lowest BCUT2D eigenvalue weighted by Crippen LogP contribution is -2.20. The van der Waals surface area contributed by atoms with Gasteiger partial charge in [-0.2, -0.15) is 0 Å². The standard InChI is InChI=1S/C17H19NO5/c1-20-13-8-5-4-7-12(13)18-16(19)11-23-17-14(21-2)9-6-10-15(17)22-3/h4-10H,11H2,1-3H3,(H,18,19). The Morgan fingerprint density at radius 1 is 0.870 bits per heavy atom. The molecule has 0 radical (unpaired) electrons. The SMILES string of the molecule is COc1ccccc1NC(=O)COc1c(OC)cccc1OC.